The van der Waals surface area contributed by atoms with E-state index in [1.54, 1.807) is 50.2 Å². The molecule has 0 aliphatic carbocycles. The van der Waals surface area contributed by atoms with Gasteiger partial charge in [-0.1, -0.05) is 24.3 Å². The first-order valence-corrected chi connectivity index (χ1v) is 11.7. The Labute approximate surface area is 212 Å². The first kappa shape index (κ1) is 26.0. The van der Waals surface area contributed by atoms with Gasteiger partial charge in [-0.25, -0.2) is 19.2 Å². The summed E-state index contributed by atoms with van der Waals surface area (Å²) in [6, 6.07) is 13.1. The molecule has 0 saturated carbocycles. The van der Waals surface area contributed by atoms with Gasteiger partial charge in [0.1, 0.15) is 0 Å². The highest BCUT2D eigenvalue weighted by molar-refractivity contribution is 14.1. The van der Waals surface area contributed by atoms with Gasteiger partial charge >= 0.3 is 23.9 Å². The minimum atomic E-state index is -1.86. The second kappa shape index (κ2) is 12.7. The monoisotopic (exact) mass is 666 g/mol. The number of hydrogen-bond acceptors (Lipinski definition) is 8. The number of esters is 4. The van der Waals surface area contributed by atoms with E-state index in [0.717, 1.165) is 0 Å². The summed E-state index contributed by atoms with van der Waals surface area (Å²) in [4.78, 5) is 50.8. The Bertz CT molecular complexity index is 912. The third-order valence-electron chi connectivity index (χ3n) is 3.97. The lowest BCUT2D eigenvalue weighted by Gasteiger charge is -2.24. The van der Waals surface area contributed by atoms with Gasteiger partial charge in [0.05, 0.1) is 24.3 Å². The Hall–Kier alpha value is -2.22. The summed E-state index contributed by atoms with van der Waals surface area (Å²) in [6.45, 7) is 3.01. The van der Waals surface area contributed by atoms with Crippen LogP contribution in [0.1, 0.15) is 34.6 Å². The van der Waals surface area contributed by atoms with Crippen LogP contribution in [0.2, 0.25) is 0 Å². The van der Waals surface area contributed by atoms with Gasteiger partial charge in [-0.15, -0.1) is 0 Å². The molecule has 0 spiro atoms. The van der Waals surface area contributed by atoms with Crippen LogP contribution in [0.15, 0.2) is 48.5 Å². The van der Waals surface area contributed by atoms with E-state index in [9.17, 15) is 19.2 Å². The van der Waals surface area contributed by atoms with E-state index in [1.165, 1.54) is 12.1 Å². The van der Waals surface area contributed by atoms with Crippen LogP contribution in [0, 0.1) is 7.14 Å². The molecule has 0 saturated heterocycles. The summed E-state index contributed by atoms with van der Waals surface area (Å²) in [5.74, 6) is -3.85. The van der Waals surface area contributed by atoms with Gasteiger partial charge < -0.3 is 18.9 Å². The van der Waals surface area contributed by atoms with Gasteiger partial charge in [-0.05, 0) is 83.3 Å². The summed E-state index contributed by atoms with van der Waals surface area (Å²) in [5.41, 5.74) is 0.350. The number of ether oxygens (including phenoxy) is 4. The van der Waals surface area contributed by atoms with E-state index in [-0.39, 0.29) is 24.3 Å². The molecule has 2 aromatic carbocycles. The smallest absolute Gasteiger partial charge is 0.352 e. The lowest BCUT2D eigenvalue weighted by Crippen LogP contribution is -2.47. The van der Waals surface area contributed by atoms with Gasteiger partial charge in [0.15, 0.2) is 0 Å². The molecule has 10 heteroatoms. The second-order valence-electron chi connectivity index (χ2n) is 6.12. The van der Waals surface area contributed by atoms with Crippen LogP contribution < -0.4 is 0 Å². The Kier molecular flexibility index (Phi) is 10.4. The second-order valence-corrected chi connectivity index (χ2v) is 8.44. The molecule has 0 aliphatic rings. The fourth-order valence-corrected chi connectivity index (χ4v) is 3.74. The van der Waals surface area contributed by atoms with Gasteiger partial charge in [0, 0.05) is 7.14 Å². The average molecular weight is 666 g/mol. The fraction of sp³-hybridized carbons (Fsp3) is 0.273. The van der Waals surface area contributed by atoms with Gasteiger partial charge in [0.2, 0.25) is 12.2 Å². The van der Waals surface area contributed by atoms with E-state index in [0.29, 0.717) is 7.14 Å². The highest BCUT2D eigenvalue weighted by atomic mass is 127. The molecule has 170 valence electrons. The Morgan fingerprint density at radius 1 is 0.688 bits per heavy atom. The molecular formula is C22H20I2O8. The van der Waals surface area contributed by atoms with Crippen molar-refractivity contribution in [2.45, 2.75) is 26.1 Å². The molecule has 0 amide bonds. The molecule has 0 bridgehead atoms. The van der Waals surface area contributed by atoms with Crippen LogP contribution in [0.25, 0.3) is 0 Å². The summed E-state index contributed by atoms with van der Waals surface area (Å²) < 4.78 is 21.7. The molecule has 8 nitrogen and oxygen atoms in total. The summed E-state index contributed by atoms with van der Waals surface area (Å²) >= 11 is 3.87. The largest absolute Gasteiger partial charge is 0.463 e. The SMILES string of the molecule is CCOC(=O)C(OC(=O)c1ccccc1I)[C@@H](OC(=O)c1ccccc1I)C(=O)OCC. The zero-order valence-corrected chi connectivity index (χ0v) is 21.5. The molecule has 0 aliphatic heterocycles. The summed E-state index contributed by atoms with van der Waals surface area (Å²) in [7, 11) is 0. The lowest BCUT2D eigenvalue weighted by atomic mass is 10.1. The van der Waals surface area contributed by atoms with Crippen molar-refractivity contribution in [3.63, 3.8) is 0 Å². The van der Waals surface area contributed by atoms with E-state index < -0.39 is 36.1 Å². The molecule has 32 heavy (non-hydrogen) atoms. The standard InChI is InChI=1S/C22H20I2O8/c1-3-29-21(27)17(31-19(25)13-9-5-7-11-15(13)23)18(22(28)30-4-2)32-20(26)14-10-6-8-12-16(14)24/h5-12,17-18H,3-4H2,1-2H3/t17-,18?/m1/s1. The van der Waals surface area contributed by atoms with Gasteiger partial charge in [-0.3, -0.25) is 0 Å². The van der Waals surface area contributed by atoms with Crippen molar-refractivity contribution in [3.8, 4) is 0 Å². The van der Waals surface area contributed by atoms with Crippen LogP contribution in [0.4, 0.5) is 0 Å². The third kappa shape index (κ3) is 6.89. The molecule has 0 heterocycles. The summed E-state index contributed by atoms with van der Waals surface area (Å²) in [5, 5.41) is 0. The maximum Gasteiger partial charge on any atom is 0.352 e. The van der Waals surface area contributed by atoms with Crippen LogP contribution in [0.3, 0.4) is 0 Å². The maximum atomic E-state index is 12.8. The van der Waals surface area contributed by atoms with Crippen molar-refractivity contribution in [1.29, 1.82) is 0 Å². The van der Waals surface area contributed by atoms with Crippen molar-refractivity contribution >= 4 is 69.1 Å². The molecular weight excluding hydrogens is 646 g/mol. The first-order valence-electron chi connectivity index (χ1n) is 9.54. The van der Waals surface area contributed by atoms with E-state index in [1.807, 2.05) is 45.2 Å². The number of carbonyl (C=O) groups excluding carboxylic acids is 4. The molecule has 0 fully saturated rings. The minimum absolute atomic E-state index is 0.0458. The van der Waals surface area contributed by atoms with Crippen molar-refractivity contribution in [2.24, 2.45) is 0 Å². The number of carbonyl (C=O) groups is 4. The topological polar surface area (TPSA) is 105 Å². The first-order chi connectivity index (χ1) is 15.3. The Morgan fingerprint density at radius 2 is 1.03 bits per heavy atom. The van der Waals surface area contributed by atoms with Crippen LogP contribution in [-0.4, -0.2) is 49.3 Å². The molecule has 0 N–H and O–H groups in total. The zero-order valence-electron chi connectivity index (χ0n) is 17.2. The highest BCUT2D eigenvalue weighted by Gasteiger charge is 2.43. The van der Waals surface area contributed by atoms with Crippen molar-refractivity contribution in [1.82, 2.24) is 0 Å². The lowest BCUT2D eigenvalue weighted by molar-refractivity contribution is -0.173. The Morgan fingerprint density at radius 3 is 1.34 bits per heavy atom. The molecule has 0 aromatic heterocycles. The molecule has 2 rings (SSSR count). The predicted octanol–water partition coefficient (Wildman–Crippen LogP) is 3.77. The highest BCUT2D eigenvalue weighted by Crippen LogP contribution is 2.19. The number of rotatable bonds is 9. The van der Waals surface area contributed by atoms with Crippen LogP contribution in [-0.2, 0) is 28.5 Å². The Balaban J connectivity index is 2.40. The number of hydrogen-bond donors (Lipinski definition) is 0. The minimum Gasteiger partial charge on any atom is -0.463 e. The maximum absolute atomic E-state index is 12.8. The van der Waals surface area contributed by atoms with E-state index >= 15 is 0 Å². The summed E-state index contributed by atoms with van der Waals surface area (Å²) in [6.07, 6.45) is -3.72. The third-order valence-corrected chi connectivity index (χ3v) is 5.85. The van der Waals surface area contributed by atoms with Crippen LogP contribution in [0.5, 0.6) is 0 Å². The molecule has 2 aromatic rings. The van der Waals surface area contributed by atoms with Crippen molar-refractivity contribution < 1.29 is 38.1 Å². The number of halogens is 2. The molecule has 1 unspecified atom stereocenters. The van der Waals surface area contributed by atoms with E-state index in [2.05, 4.69) is 0 Å². The number of benzene rings is 2. The predicted molar refractivity (Wildman–Crippen MR) is 130 cm³/mol. The normalized spacial score (nSPS) is 12.2. The van der Waals surface area contributed by atoms with E-state index in [4.69, 9.17) is 18.9 Å². The molecule has 0 radical (unpaired) electrons. The van der Waals surface area contributed by atoms with Crippen molar-refractivity contribution in [2.75, 3.05) is 13.2 Å². The fourth-order valence-electron chi connectivity index (χ4n) is 2.53. The molecule has 2 atom stereocenters. The van der Waals surface area contributed by atoms with Gasteiger partial charge in [0.25, 0.3) is 0 Å². The van der Waals surface area contributed by atoms with Crippen LogP contribution >= 0.6 is 45.2 Å². The van der Waals surface area contributed by atoms with Gasteiger partial charge in [-0.2, -0.15) is 0 Å². The zero-order chi connectivity index (χ0) is 23.7. The van der Waals surface area contributed by atoms with Crippen molar-refractivity contribution in [3.05, 3.63) is 66.8 Å². The quantitative estimate of drug-likeness (QED) is 0.227. The average Bonchev–Trinajstić information content (AvgIpc) is 2.76.